The molecule has 0 saturated heterocycles. The Morgan fingerprint density at radius 3 is 2.46 bits per heavy atom. The zero-order valence-electron chi connectivity index (χ0n) is 16.3. The summed E-state index contributed by atoms with van der Waals surface area (Å²) in [6.07, 6.45) is 6.17. The van der Waals surface area contributed by atoms with Crippen LogP contribution in [0.5, 0.6) is 0 Å². The fourth-order valence-corrected chi connectivity index (χ4v) is 2.72. The maximum absolute atomic E-state index is 4.35. The van der Waals surface area contributed by atoms with Crippen LogP contribution in [0.25, 0.3) is 0 Å². The Labute approximate surface area is 174 Å². The van der Waals surface area contributed by atoms with Crippen LogP contribution in [0.4, 0.5) is 0 Å². The van der Waals surface area contributed by atoms with Crippen LogP contribution < -0.4 is 10.6 Å². The Kier molecular flexibility index (Phi) is 10.3. The third-order valence-electron chi connectivity index (χ3n) is 4.24. The summed E-state index contributed by atoms with van der Waals surface area (Å²) in [4.78, 5) is 4.35. The number of hydrogen-bond acceptors (Lipinski definition) is 2. The molecule has 1 atom stereocenters. The highest BCUT2D eigenvalue weighted by Gasteiger charge is 2.08. The number of hydrogen-bond donors (Lipinski definition) is 2. The Bertz CT molecular complexity index is 652. The van der Waals surface area contributed by atoms with Gasteiger partial charge in [0, 0.05) is 32.0 Å². The first-order valence-corrected chi connectivity index (χ1v) is 9.10. The lowest BCUT2D eigenvalue weighted by Crippen LogP contribution is -2.42. The van der Waals surface area contributed by atoms with Gasteiger partial charge in [-0.1, -0.05) is 38.1 Å². The lowest BCUT2D eigenvalue weighted by molar-refractivity contribution is 0.489. The standard InChI is InChI=1S/C20H31N5.HI/c1-16(2)10-11-17(3)24-20(21-4)22-14-18-8-5-6-9-19(18)15-25-13-7-12-23-25;/h5-9,12-13,16-17H,10-11,14-15H2,1-4H3,(H2,21,22,24);1H. The summed E-state index contributed by atoms with van der Waals surface area (Å²) in [5.41, 5.74) is 2.53. The molecule has 1 heterocycles. The van der Waals surface area contributed by atoms with E-state index >= 15 is 0 Å². The van der Waals surface area contributed by atoms with E-state index in [1.807, 2.05) is 30.2 Å². The van der Waals surface area contributed by atoms with E-state index in [-0.39, 0.29) is 24.0 Å². The molecule has 0 bridgehead atoms. The van der Waals surface area contributed by atoms with Crippen molar-refractivity contribution in [1.29, 1.82) is 0 Å². The highest BCUT2D eigenvalue weighted by Crippen LogP contribution is 2.10. The summed E-state index contributed by atoms with van der Waals surface area (Å²) < 4.78 is 1.94. The molecule has 0 aliphatic rings. The quantitative estimate of drug-likeness (QED) is 0.349. The van der Waals surface area contributed by atoms with Gasteiger partial charge in [-0.2, -0.15) is 5.10 Å². The van der Waals surface area contributed by atoms with Crippen LogP contribution >= 0.6 is 24.0 Å². The Morgan fingerprint density at radius 2 is 1.85 bits per heavy atom. The molecule has 0 amide bonds. The number of nitrogens with one attached hydrogen (secondary N) is 2. The minimum absolute atomic E-state index is 0. The summed E-state index contributed by atoms with van der Waals surface area (Å²) in [5.74, 6) is 1.58. The van der Waals surface area contributed by atoms with E-state index in [0.29, 0.717) is 6.04 Å². The van der Waals surface area contributed by atoms with Gasteiger partial charge in [-0.15, -0.1) is 24.0 Å². The summed E-state index contributed by atoms with van der Waals surface area (Å²) in [7, 11) is 1.82. The summed E-state index contributed by atoms with van der Waals surface area (Å²) in [6, 6.07) is 10.8. The van der Waals surface area contributed by atoms with Crippen LogP contribution in [0.15, 0.2) is 47.7 Å². The van der Waals surface area contributed by atoms with Crippen LogP contribution in [0.2, 0.25) is 0 Å². The highest BCUT2D eigenvalue weighted by atomic mass is 127. The van der Waals surface area contributed by atoms with Gasteiger partial charge < -0.3 is 10.6 Å². The average Bonchev–Trinajstić information content (AvgIpc) is 3.11. The second-order valence-electron chi connectivity index (χ2n) is 6.91. The van der Waals surface area contributed by atoms with Gasteiger partial charge >= 0.3 is 0 Å². The van der Waals surface area contributed by atoms with Crippen LogP contribution in [-0.2, 0) is 13.1 Å². The average molecular weight is 469 g/mol. The number of halogens is 1. The largest absolute Gasteiger partial charge is 0.354 e. The van der Waals surface area contributed by atoms with E-state index in [9.17, 15) is 0 Å². The molecular formula is C20H32IN5. The van der Waals surface area contributed by atoms with Crippen LogP contribution in [0.1, 0.15) is 44.7 Å². The van der Waals surface area contributed by atoms with Crippen molar-refractivity contribution < 1.29 is 0 Å². The molecule has 6 heteroatoms. The van der Waals surface area contributed by atoms with Gasteiger partial charge in [0.2, 0.25) is 0 Å². The highest BCUT2D eigenvalue weighted by molar-refractivity contribution is 14.0. The predicted octanol–water partition coefficient (Wildman–Crippen LogP) is 4.04. The van der Waals surface area contributed by atoms with Crippen molar-refractivity contribution in [3.63, 3.8) is 0 Å². The molecule has 144 valence electrons. The monoisotopic (exact) mass is 469 g/mol. The zero-order valence-corrected chi connectivity index (χ0v) is 18.6. The number of guanidine groups is 1. The fourth-order valence-electron chi connectivity index (χ4n) is 2.72. The van der Waals surface area contributed by atoms with Crippen LogP contribution in [0, 0.1) is 5.92 Å². The molecule has 2 N–H and O–H groups in total. The summed E-state index contributed by atoms with van der Waals surface area (Å²) in [6.45, 7) is 8.25. The van der Waals surface area contributed by atoms with Crippen molar-refractivity contribution in [3.8, 4) is 0 Å². The SMILES string of the molecule is CN=C(NCc1ccccc1Cn1cccn1)NC(C)CCC(C)C.I. The molecule has 0 aliphatic carbocycles. The fraction of sp³-hybridized carbons (Fsp3) is 0.500. The molecular weight excluding hydrogens is 437 g/mol. The molecule has 1 aromatic carbocycles. The lowest BCUT2D eigenvalue weighted by Gasteiger charge is -2.19. The predicted molar refractivity (Wildman–Crippen MR) is 120 cm³/mol. The second kappa shape index (κ2) is 11.9. The second-order valence-corrected chi connectivity index (χ2v) is 6.91. The molecule has 26 heavy (non-hydrogen) atoms. The third kappa shape index (κ3) is 7.76. The first kappa shape index (κ1) is 22.5. The normalized spacial score (nSPS) is 12.6. The van der Waals surface area contributed by atoms with Crippen molar-refractivity contribution in [2.24, 2.45) is 10.9 Å². The molecule has 0 radical (unpaired) electrons. The van der Waals surface area contributed by atoms with Gasteiger partial charge in [-0.05, 0) is 42.9 Å². The maximum atomic E-state index is 4.35. The summed E-state index contributed by atoms with van der Waals surface area (Å²) in [5, 5.41) is 11.2. The molecule has 2 rings (SSSR count). The van der Waals surface area contributed by atoms with E-state index in [2.05, 4.69) is 65.8 Å². The maximum Gasteiger partial charge on any atom is 0.191 e. The van der Waals surface area contributed by atoms with Crippen molar-refractivity contribution in [2.75, 3.05) is 7.05 Å². The first-order chi connectivity index (χ1) is 12.1. The molecule has 1 aromatic heterocycles. The Hall–Kier alpha value is -1.57. The number of rotatable bonds is 8. The number of nitrogens with zero attached hydrogens (tertiary/aromatic N) is 3. The lowest BCUT2D eigenvalue weighted by atomic mass is 10.0. The van der Waals surface area contributed by atoms with Crippen molar-refractivity contribution in [2.45, 2.75) is 52.7 Å². The topological polar surface area (TPSA) is 54.2 Å². The van der Waals surface area contributed by atoms with Crippen molar-refractivity contribution in [1.82, 2.24) is 20.4 Å². The van der Waals surface area contributed by atoms with Crippen LogP contribution in [-0.4, -0.2) is 28.8 Å². The van der Waals surface area contributed by atoms with E-state index < -0.39 is 0 Å². The smallest absolute Gasteiger partial charge is 0.191 e. The Balaban J connectivity index is 0.00000338. The number of aromatic nitrogens is 2. The van der Waals surface area contributed by atoms with Gasteiger partial charge in [0.1, 0.15) is 0 Å². The molecule has 0 aliphatic heterocycles. The summed E-state index contributed by atoms with van der Waals surface area (Å²) >= 11 is 0. The first-order valence-electron chi connectivity index (χ1n) is 9.10. The zero-order chi connectivity index (χ0) is 18.1. The van der Waals surface area contributed by atoms with E-state index in [0.717, 1.165) is 31.4 Å². The van der Waals surface area contributed by atoms with Crippen molar-refractivity contribution in [3.05, 3.63) is 53.9 Å². The van der Waals surface area contributed by atoms with Crippen LogP contribution in [0.3, 0.4) is 0 Å². The van der Waals surface area contributed by atoms with Gasteiger partial charge in [0.15, 0.2) is 5.96 Å². The minimum atomic E-state index is 0. The minimum Gasteiger partial charge on any atom is -0.354 e. The molecule has 0 saturated carbocycles. The van der Waals surface area contributed by atoms with Gasteiger partial charge in [0.05, 0.1) is 6.54 Å². The van der Waals surface area contributed by atoms with E-state index in [1.165, 1.54) is 17.5 Å². The molecule has 0 fully saturated rings. The van der Waals surface area contributed by atoms with Gasteiger partial charge in [-0.25, -0.2) is 0 Å². The van der Waals surface area contributed by atoms with E-state index in [1.54, 1.807) is 0 Å². The third-order valence-corrected chi connectivity index (χ3v) is 4.24. The molecule has 2 aromatic rings. The molecule has 1 unspecified atom stereocenters. The molecule has 5 nitrogen and oxygen atoms in total. The Morgan fingerprint density at radius 1 is 1.12 bits per heavy atom. The van der Waals surface area contributed by atoms with Crippen molar-refractivity contribution >= 4 is 29.9 Å². The number of aliphatic imine (C=N–C) groups is 1. The van der Waals surface area contributed by atoms with Gasteiger partial charge in [0.25, 0.3) is 0 Å². The molecule has 0 spiro atoms. The number of benzene rings is 1. The van der Waals surface area contributed by atoms with Gasteiger partial charge in [-0.3, -0.25) is 9.67 Å². The van der Waals surface area contributed by atoms with E-state index in [4.69, 9.17) is 0 Å².